The Kier molecular flexibility index (Phi) is 5.30. The molecule has 0 N–H and O–H groups in total. The maximum Gasteiger partial charge on any atom is 0.247 e. The van der Waals surface area contributed by atoms with Gasteiger partial charge in [-0.1, -0.05) is 67.9 Å². The number of fused-ring (bicyclic) bond motifs is 6. The van der Waals surface area contributed by atoms with Gasteiger partial charge in [0.05, 0.1) is 16.9 Å². The summed E-state index contributed by atoms with van der Waals surface area (Å²) in [6, 6.07) is 10.5. The van der Waals surface area contributed by atoms with Gasteiger partial charge in [-0.2, -0.15) is 0 Å². The average Bonchev–Trinajstić information content (AvgIpc) is 3.13. The van der Waals surface area contributed by atoms with Crippen LogP contribution in [0.4, 0.5) is 5.82 Å². The van der Waals surface area contributed by atoms with E-state index in [4.69, 9.17) is 9.97 Å². The second-order valence-corrected chi connectivity index (χ2v) is 17.4. The summed E-state index contributed by atoms with van der Waals surface area (Å²) >= 11 is 0. The van der Waals surface area contributed by atoms with Crippen molar-refractivity contribution < 1.29 is 20.1 Å². The van der Waals surface area contributed by atoms with Crippen LogP contribution in [0.1, 0.15) is 79.1 Å². The van der Waals surface area contributed by atoms with Gasteiger partial charge in [0.1, 0.15) is 0 Å². The Hall–Kier alpha value is -1.49. The third kappa shape index (κ3) is 2.91. The van der Waals surface area contributed by atoms with Gasteiger partial charge >= 0.3 is 0 Å². The van der Waals surface area contributed by atoms with Crippen LogP contribution in [0.15, 0.2) is 18.2 Å². The van der Waals surface area contributed by atoms with Gasteiger partial charge in [0.25, 0.3) is 0 Å². The molecular weight excluding hydrogens is 613 g/mol. The van der Waals surface area contributed by atoms with Crippen molar-refractivity contribution in [3.63, 3.8) is 0 Å². The summed E-state index contributed by atoms with van der Waals surface area (Å²) in [4.78, 5) is 10.4. The molecule has 1 aliphatic heterocycles. The van der Waals surface area contributed by atoms with Crippen LogP contribution in [-0.2, 0) is 36.4 Å². The third-order valence-corrected chi connectivity index (χ3v) is 13.1. The maximum absolute atomic E-state index is 5.25. The number of hydrogen-bond donors (Lipinski definition) is 0. The molecular formula is C28H39IrN4Si-. The molecule has 0 spiro atoms. The Labute approximate surface area is 220 Å². The Morgan fingerprint density at radius 3 is 2.03 bits per heavy atom. The summed E-state index contributed by atoms with van der Waals surface area (Å²) in [7, 11) is 0.0996. The first-order chi connectivity index (χ1) is 14.9. The van der Waals surface area contributed by atoms with E-state index >= 15 is 0 Å². The molecule has 5 rings (SSSR count). The number of pyridine rings is 1. The van der Waals surface area contributed by atoms with Crippen LogP contribution >= 0.6 is 0 Å². The zero-order valence-corrected chi connectivity index (χ0v) is 26.2. The molecule has 0 unspecified atom stereocenters. The minimum absolute atomic E-state index is 0. The minimum Gasteiger partial charge on any atom is -0.410 e. The number of aromatic nitrogens is 3. The Morgan fingerprint density at radius 2 is 1.47 bits per heavy atom. The van der Waals surface area contributed by atoms with E-state index in [0.29, 0.717) is 0 Å². The molecule has 2 aliphatic rings. The van der Waals surface area contributed by atoms with E-state index < -0.39 is 8.40 Å². The Balaban J connectivity index is 0.00000274. The first-order valence-electron chi connectivity index (χ1n) is 12.2. The molecule has 185 valence electrons. The van der Waals surface area contributed by atoms with E-state index in [1.165, 1.54) is 16.6 Å². The zero-order chi connectivity index (χ0) is 24.5. The van der Waals surface area contributed by atoms with Gasteiger partial charge < -0.3 is 13.8 Å². The Morgan fingerprint density at radius 1 is 0.912 bits per heavy atom. The number of hydrogen-bond acceptors (Lipinski definition) is 3. The molecule has 0 amide bonds. The van der Waals surface area contributed by atoms with Crippen molar-refractivity contribution >= 4 is 25.2 Å². The summed E-state index contributed by atoms with van der Waals surface area (Å²) in [5.41, 5.74) is 7.64. The number of nitrogens with zero attached hydrogens (tertiary/aromatic N) is 4. The van der Waals surface area contributed by atoms with E-state index in [1.54, 1.807) is 0 Å². The second kappa shape index (κ2) is 7.05. The molecule has 0 fully saturated rings. The van der Waals surface area contributed by atoms with Crippen molar-refractivity contribution in [2.75, 3.05) is 11.6 Å². The smallest absolute Gasteiger partial charge is 0.247 e. The first-order valence-corrected chi connectivity index (χ1v) is 15.1. The van der Waals surface area contributed by atoms with Gasteiger partial charge in [0.2, 0.25) is 8.40 Å². The standard InChI is InChI=1S/C28H39N4Si.Ir/c1-25(2,3)22-14-13-17-23(30-22)31(10)33(11,12)32-21-16-19-18(15-20(21)29-24(17)32)26(4,5)28(8,9)27(19,6)7;/h14-16H,1-12H3;/q-1;. The molecule has 3 heterocycles. The van der Waals surface area contributed by atoms with Crippen LogP contribution in [-0.4, -0.2) is 29.6 Å². The van der Waals surface area contributed by atoms with E-state index in [1.807, 2.05) is 0 Å². The van der Waals surface area contributed by atoms with E-state index in [9.17, 15) is 0 Å². The molecule has 0 bridgehead atoms. The summed E-state index contributed by atoms with van der Waals surface area (Å²) in [5.74, 6) is 2.05. The molecule has 4 nitrogen and oxygen atoms in total. The van der Waals surface area contributed by atoms with Gasteiger partial charge in [-0.25, -0.2) is 0 Å². The van der Waals surface area contributed by atoms with Crippen molar-refractivity contribution in [3.05, 3.63) is 41.1 Å². The number of rotatable bonds is 0. The minimum atomic E-state index is -2.11. The molecule has 2 aromatic heterocycles. The molecule has 6 heteroatoms. The van der Waals surface area contributed by atoms with E-state index in [-0.39, 0.29) is 41.8 Å². The molecule has 0 atom stereocenters. The van der Waals surface area contributed by atoms with Crippen LogP contribution in [0.5, 0.6) is 0 Å². The van der Waals surface area contributed by atoms with Gasteiger partial charge in [-0.3, -0.25) is 4.98 Å². The molecule has 1 aliphatic carbocycles. The summed E-state index contributed by atoms with van der Waals surface area (Å²) < 4.78 is 4.96. The largest absolute Gasteiger partial charge is 0.410 e. The van der Waals surface area contributed by atoms with Crippen molar-refractivity contribution in [1.82, 2.24) is 14.2 Å². The average molecular weight is 652 g/mol. The van der Waals surface area contributed by atoms with Gasteiger partial charge in [-0.05, 0) is 70.8 Å². The normalized spacial score (nSPS) is 21.0. The number of imidazole rings is 1. The summed E-state index contributed by atoms with van der Waals surface area (Å²) in [6.45, 7) is 25.9. The zero-order valence-electron chi connectivity index (χ0n) is 22.9. The van der Waals surface area contributed by atoms with Gasteiger partial charge in [0.15, 0.2) is 0 Å². The third-order valence-electron chi connectivity index (χ3n) is 9.75. The number of anilines is 1. The van der Waals surface area contributed by atoms with E-state index in [2.05, 4.69) is 116 Å². The predicted molar refractivity (Wildman–Crippen MR) is 142 cm³/mol. The van der Waals surface area contributed by atoms with Gasteiger partial charge in [-0.15, -0.1) is 12.1 Å². The quantitative estimate of drug-likeness (QED) is 0.198. The maximum atomic E-state index is 5.25. The fourth-order valence-corrected chi connectivity index (χ4v) is 8.37. The van der Waals surface area contributed by atoms with Crippen molar-refractivity contribution in [1.29, 1.82) is 0 Å². The molecule has 1 aromatic carbocycles. The van der Waals surface area contributed by atoms with Gasteiger partial charge in [0, 0.05) is 25.9 Å². The predicted octanol–water partition coefficient (Wildman–Crippen LogP) is 6.79. The SMILES string of the molecule is CN1c2nc(C(C)(C)C)c[c-]c2-c2nc3cc4c(cc3n2[Si]1(C)C)C(C)(C)C(C)(C)C4(C)C.[Ir]. The van der Waals surface area contributed by atoms with Crippen molar-refractivity contribution in [2.24, 2.45) is 5.41 Å². The molecule has 0 saturated heterocycles. The second-order valence-electron chi connectivity index (χ2n) is 13.3. The van der Waals surface area contributed by atoms with Crippen molar-refractivity contribution in [3.8, 4) is 11.4 Å². The first kappa shape index (κ1) is 25.6. The molecule has 1 radical (unpaired) electrons. The fraction of sp³-hybridized carbons (Fsp3) is 0.571. The Bertz CT molecular complexity index is 1320. The van der Waals surface area contributed by atoms with E-state index in [0.717, 1.165) is 28.4 Å². The fourth-order valence-electron chi connectivity index (χ4n) is 5.94. The number of benzene rings is 1. The molecule has 3 aromatic rings. The van der Waals surface area contributed by atoms with Crippen LogP contribution in [0.25, 0.3) is 22.4 Å². The summed E-state index contributed by atoms with van der Waals surface area (Å²) in [5, 5.41) is 0. The molecule has 34 heavy (non-hydrogen) atoms. The monoisotopic (exact) mass is 652 g/mol. The van der Waals surface area contributed by atoms with Crippen molar-refractivity contribution in [2.45, 2.75) is 91.7 Å². The van der Waals surface area contributed by atoms with Crippen LogP contribution in [0.2, 0.25) is 13.1 Å². The summed E-state index contributed by atoms with van der Waals surface area (Å²) in [6.07, 6.45) is 0. The van der Waals surface area contributed by atoms with Crippen LogP contribution in [0.3, 0.4) is 0 Å². The van der Waals surface area contributed by atoms with Crippen LogP contribution < -0.4 is 4.57 Å². The topological polar surface area (TPSA) is 34.0 Å². The van der Waals surface area contributed by atoms with Crippen LogP contribution in [0, 0.1) is 11.5 Å². The molecule has 0 saturated carbocycles.